The van der Waals surface area contributed by atoms with Gasteiger partial charge in [-0.2, -0.15) is 0 Å². The van der Waals surface area contributed by atoms with Crippen LogP contribution in [0.2, 0.25) is 23.2 Å². The average molecular weight is 799 g/mol. The Morgan fingerprint density at radius 1 is 0.982 bits per heavy atom. The minimum absolute atomic E-state index is 0.175. The fourth-order valence-electron chi connectivity index (χ4n) is 6.90. The molecular weight excluding hydrogens is 744 g/mol. The third kappa shape index (κ3) is 8.93. The predicted molar refractivity (Wildman–Crippen MR) is 224 cm³/mol. The van der Waals surface area contributed by atoms with Gasteiger partial charge in [0.15, 0.2) is 8.32 Å². The second-order valence-corrected chi connectivity index (χ2v) is 22.5. The molecule has 2 aromatic heterocycles. The molecule has 2 aliphatic rings. The van der Waals surface area contributed by atoms with Crippen molar-refractivity contribution in [2.75, 3.05) is 32.1 Å². The third-order valence-corrected chi connectivity index (χ3v) is 15.9. The van der Waals surface area contributed by atoms with Gasteiger partial charge in [-0.15, -0.1) is 0 Å². The number of rotatable bonds is 9. The van der Waals surface area contributed by atoms with Gasteiger partial charge in [-0.1, -0.05) is 62.7 Å². The molecule has 1 fully saturated rings. The van der Waals surface area contributed by atoms with Crippen LogP contribution in [0.15, 0.2) is 48.7 Å². The van der Waals surface area contributed by atoms with E-state index < -0.39 is 25.9 Å². The first kappa shape index (κ1) is 41.3. The number of halogens is 1. The van der Waals surface area contributed by atoms with Crippen molar-refractivity contribution >= 4 is 37.6 Å². The Morgan fingerprint density at radius 2 is 1.66 bits per heavy atom. The van der Waals surface area contributed by atoms with Crippen LogP contribution in [-0.4, -0.2) is 83.5 Å². The van der Waals surface area contributed by atoms with Gasteiger partial charge in [0.2, 0.25) is 5.88 Å². The van der Waals surface area contributed by atoms with E-state index in [2.05, 4.69) is 44.1 Å². The van der Waals surface area contributed by atoms with Crippen LogP contribution < -0.4 is 10.1 Å². The average Bonchev–Trinajstić information content (AvgIpc) is 3.10. The van der Waals surface area contributed by atoms with Gasteiger partial charge in [0.25, 0.3) is 5.91 Å². The number of likely N-dealkylation sites (tertiary alicyclic amines) is 1. The number of nitrogens with zero attached hydrogens (tertiary/aromatic N) is 5. The highest BCUT2D eigenvalue weighted by atomic mass is 35.5. The minimum atomic E-state index is -1.82. The number of benzene rings is 2. The molecule has 0 radical (unpaired) electrons. The largest absolute Gasteiger partial charge is 0.480 e. The lowest BCUT2D eigenvalue weighted by Gasteiger charge is -2.46. The van der Waals surface area contributed by atoms with Crippen molar-refractivity contribution in [3.05, 3.63) is 87.5 Å². The smallest absolute Gasteiger partial charge is 0.410 e. The highest BCUT2D eigenvalue weighted by molar-refractivity contribution is 6.74. The SMILES string of the molecule is COc1nc(-c2cccc(-c3cccc(NC(=O)c4cc(C)c5c(n4)CN(C(=O)OC(C)(C)C)CC5)c3Cl)c2C)cnc1CN1CC(O[Si](C)(C)C(C)(C)C)C1. The summed E-state index contributed by atoms with van der Waals surface area (Å²) in [6.07, 6.45) is 2.27. The number of aromatic nitrogens is 3. The molecule has 4 heterocycles. The summed E-state index contributed by atoms with van der Waals surface area (Å²) < 4.78 is 17.9. The summed E-state index contributed by atoms with van der Waals surface area (Å²) in [4.78, 5) is 44.8. The van der Waals surface area contributed by atoms with Crippen LogP contribution in [0.1, 0.15) is 80.1 Å². The number of hydrogen-bond donors (Lipinski definition) is 1. The second kappa shape index (κ2) is 15.9. The third-order valence-electron chi connectivity index (χ3n) is 11.0. The molecule has 298 valence electrons. The van der Waals surface area contributed by atoms with Crippen LogP contribution >= 0.6 is 11.6 Å². The molecule has 0 aliphatic carbocycles. The number of fused-ring (bicyclic) bond motifs is 1. The van der Waals surface area contributed by atoms with Gasteiger partial charge >= 0.3 is 6.09 Å². The first-order chi connectivity index (χ1) is 26.2. The Labute approximate surface area is 337 Å². The summed E-state index contributed by atoms with van der Waals surface area (Å²) in [6, 6.07) is 13.3. The van der Waals surface area contributed by atoms with Gasteiger partial charge in [-0.25, -0.2) is 14.8 Å². The maximum Gasteiger partial charge on any atom is 0.410 e. The van der Waals surface area contributed by atoms with E-state index in [1.54, 1.807) is 30.3 Å². The number of hydrogen-bond acceptors (Lipinski definition) is 9. The molecule has 2 aromatic carbocycles. The van der Waals surface area contributed by atoms with Crippen molar-refractivity contribution in [3.63, 3.8) is 0 Å². The van der Waals surface area contributed by atoms with E-state index >= 15 is 0 Å². The first-order valence-electron chi connectivity index (χ1n) is 19.2. The monoisotopic (exact) mass is 798 g/mol. The lowest BCUT2D eigenvalue weighted by molar-refractivity contribution is 0.00440. The number of ether oxygens (including phenoxy) is 2. The lowest BCUT2D eigenvalue weighted by Crippen LogP contribution is -2.57. The van der Waals surface area contributed by atoms with Gasteiger partial charge in [0.05, 0.1) is 48.1 Å². The molecule has 13 heteroatoms. The van der Waals surface area contributed by atoms with Gasteiger partial charge in [0, 0.05) is 37.3 Å². The Hall–Kier alpha value is -4.36. The molecular formula is C43H55ClN6O5Si. The Balaban J connectivity index is 1.17. The summed E-state index contributed by atoms with van der Waals surface area (Å²) >= 11 is 7.05. The molecule has 6 rings (SSSR count). The topological polar surface area (TPSA) is 119 Å². The van der Waals surface area contributed by atoms with Crippen molar-refractivity contribution in [2.45, 2.75) is 105 Å². The number of pyridine rings is 1. The van der Waals surface area contributed by atoms with Gasteiger partial charge in [-0.05, 0) is 93.6 Å². The van der Waals surface area contributed by atoms with E-state index in [-0.39, 0.29) is 23.4 Å². The summed E-state index contributed by atoms with van der Waals surface area (Å²) in [5, 5.41) is 3.55. The molecule has 1 saturated heterocycles. The zero-order valence-electron chi connectivity index (χ0n) is 34.6. The van der Waals surface area contributed by atoms with Crippen molar-refractivity contribution in [3.8, 4) is 28.3 Å². The van der Waals surface area contributed by atoms with Gasteiger partial charge in [-0.3, -0.25) is 14.7 Å². The molecule has 0 saturated carbocycles. The zero-order chi connectivity index (χ0) is 40.7. The minimum Gasteiger partial charge on any atom is -0.480 e. The zero-order valence-corrected chi connectivity index (χ0v) is 36.3. The maximum absolute atomic E-state index is 13.7. The van der Waals surface area contributed by atoms with E-state index in [9.17, 15) is 9.59 Å². The first-order valence-corrected chi connectivity index (χ1v) is 22.5. The molecule has 4 aromatic rings. The summed E-state index contributed by atoms with van der Waals surface area (Å²) in [5.41, 5.74) is 7.76. The Bertz CT molecular complexity index is 2140. The number of amides is 2. The van der Waals surface area contributed by atoms with Gasteiger partial charge in [0.1, 0.15) is 17.0 Å². The van der Waals surface area contributed by atoms with Crippen molar-refractivity contribution in [1.82, 2.24) is 24.8 Å². The fourth-order valence-corrected chi connectivity index (χ4v) is 8.51. The molecule has 2 amide bonds. The van der Waals surface area contributed by atoms with Crippen LogP contribution in [0.5, 0.6) is 5.88 Å². The highest BCUT2D eigenvalue weighted by Crippen LogP contribution is 2.40. The molecule has 0 bridgehead atoms. The summed E-state index contributed by atoms with van der Waals surface area (Å²) in [6.45, 7) is 24.0. The molecule has 0 spiro atoms. The lowest BCUT2D eigenvalue weighted by atomic mass is 9.94. The van der Waals surface area contributed by atoms with Crippen molar-refractivity contribution in [2.24, 2.45) is 0 Å². The predicted octanol–water partition coefficient (Wildman–Crippen LogP) is 9.24. The van der Waals surface area contributed by atoms with Crippen LogP contribution in [0.25, 0.3) is 22.4 Å². The number of anilines is 1. The van der Waals surface area contributed by atoms with Crippen LogP contribution in [-0.2, 0) is 28.7 Å². The van der Waals surface area contributed by atoms with E-state index in [1.807, 2.05) is 65.0 Å². The van der Waals surface area contributed by atoms with E-state index in [4.69, 9.17) is 40.5 Å². The molecule has 1 N–H and O–H groups in total. The highest BCUT2D eigenvalue weighted by Gasteiger charge is 2.42. The summed E-state index contributed by atoms with van der Waals surface area (Å²) in [5.74, 6) is 0.0986. The van der Waals surface area contributed by atoms with Crippen LogP contribution in [0.4, 0.5) is 10.5 Å². The molecule has 2 aliphatic heterocycles. The Kier molecular flexibility index (Phi) is 11.7. The quantitative estimate of drug-likeness (QED) is 0.165. The standard InChI is InChI=1S/C43H55ClN6O5Si/c1-26-20-34(46-36-25-50(19-18-29(26)36)41(52)54-42(3,4)5)39(51)47-33-17-13-16-32(38(33)44)30-14-12-15-31(27(30)2)35-21-45-37(40(48-35)53-9)24-49-22-28(23-49)55-56(10,11)43(6,7)8/h12-17,20-21,28H,18-19,22-25H2,1-11H3,(H,47,51). The maximum atomic E-state index is 13.7. The normalized spacial score (nSPS) is 15.2. The van der Waals surface area contributed by atoms with E-state index in [1.165, 1.54) is 0 Å². The number of carbonyl (C=O) groups excluding carboxylic acids is 2. The second-order valence-electron chi connectivity index (χ2n) is 17.4. The molecule has 56 heavy (non-hydrogen) atoms. The van der Waals surface area contributed by atoms with Crippen molar-refractivity contribution in [1.29, 1.82) is 0 Å². The van der Waals surface area contributed by atoms with Crippen LogP contribution in [0, 0.1) is 13.8 Å². The van der Waals surface area contributed by atoms with E-state index in [0.29, 0.717) is 47.5 Å². The van der Waals surface area contributed by atoms with Gasteiger partial charge < -0.3 is 24.1 Å². The molecule has 0 atom stereocenters. The summed E-state index contributed by atoms with van der Waals surface area (Å²) in [7, 11) is -0.199. The van der Waals surface area contributed by atoms with Crippen LogP contribution in [0.3, 0.4) is 0 Å². The number of carbonyl (C=O) groups is 2. The Morgan fingerprint density at radius 3 is 2.34 bits per heavy atom. The molecule has 11 nitrogen and oxygen atoms in total. The molecule has 0 unspecified atom stereocenters. The number of methoxy groups -OCH3 is 1. The fraction of sp³-hybridized carbons (Fsp3) is 0.465. The van der Waals surface area contributed by atoms with E-state index in [0.717, 1.165) is 52.2 Å². The number of aryl methyl sites for hydroxylation is 1. The van der Waals surface area contributed by atoms with Crippen molar-refractivity contribution < 1.29 is 23.5 Å². The number of nitrogens with one attached hydrogen (secondary N) is 1.